The molecular formula is C15H21N5O4. The standard InChI is InChI=1S/C15H21N5O4/c1-24-15(23)11-3-2-6-19(7-11)13(21)9-20-8-12(17-18-20)16-14(22)10-4-5-10/h8,10-11H,2-7,9H2,1H3,(H,16,22). The van der Waals surface area contributed by atoms with Gasteiger partial charge < -0.3 is 15.0 Å². The van der Waals surface area contributed by atoms with Crippen molar-refractivity contribution in [2.75, 3.05) is 25.5 Å². The molecule has 1 unspecified atom stereocenters. The lowest BCUT2D eigenvalue weighted by molar-refractivity contribution is -0.149. The van der Waals surface area contributed by atoms with E-state index in [2.05, 4.69) is 15.6 Å². The molecule has 24 heavy (non-hydrogen) atoms. The number of piperidine rings is 1. The molecule has 1 atom stereocenters. The number of carbonyl (C=O) groups is 3. The monoisotopic (exact) mass is 335 g/mol. The third-order valence-electron chi connectivity index (χ3n) is 4.34. The van der Waals surface area contributed by atoms with Gasteiger partial charge in [-0.25, -0.2) is 4.68 Å². The quantitative estimate of drug-likeness (QED) is 0.761. The van der Waals surface area contributed by atoms with Crippen LogP contribution in [0.5, 0.6) is 0 Å². The van der Waals surface area contributed by atoms with E-state index >= 15 is 0 Å². The Balaban J connectivity index is 1.53. The first-order chi connectivity index (χ1) is 11.6. The third-order valence-corrected chi connectivity index (χ3v) is 4.34. The van der Waals surface area contributed by atoms with Crippen LogP contribution in [0.15, 0.2) is 6.20 Å². The SMILES string of the molecule is COC(=O)C1CCCN(C(=O)Cn2cc(NC(=O)C3CC3)nn2)C1. The first-order valence-corrected chi connectivity index (χ1v) is 8.13. The summed E-state index contributed by atoms with van der Waals surface area (Å²) in [6, 6.07) is 0. The summed E-state index contributed by atoms with van der Waals surface area (Å²) in [6.07, 6.45) is 4.87. The molecule has 2 fully saturated rings. The van der Waals surface area contributed by atoms with Crippen LogP contribution < -0.4 is 5.32 Å². The molecule has 1 aromatic heterocycles. The minimum Gasteiger partial charge on any atom is -0.469 e. The Hall–Kier alpha value is -2.45. The number of rotatable bonds is 5. The molecule has 0 radical (unpaired) electrons. The molecule has 1 saturated carbocycles. The van der Waals surface area contributed by atoms with Crippen LogP contribution in [-0.4, -0.2) is 57.9 Å². The Labute approximate surface area is 139 Å². The molecule has 2 heterocycles. The fourth-order valence-electron chi connectivity index (χ4n) is 2.81. The number of nitrogens with one attached hydrogen (secondary N) is 1. The number of likely N-dealkylation sites (tertiary alicyclic amines) is 1. The molecule has 3 rings (SSSR count). The average molecular weight is 335 g/mol. The van der Waals surface area contributed by atoms with Gasteiger partial charge in [-0.15, -0.1) is 5.10 Å². The van der Waals surface area contributed by atoms with Crippen molar-refractivity contribution in [3.63, 3.8) is 0 Å². The molecule has 130 valence electrons. The molecule has 9 nitrogen and oxygen atoms in total. The third kappa shape index (κ3) is 3.90. The fraction of sp³-hybridized carbons (Fsp3) is 0.667. The van der Waals surface area contributed by atoms with Crippen LogP contribution in [-0.2, 0) is 25.7 Å². The Morgan fingerprint density at radius 2 is 2.08 bits per heavy atom. The molecule has 1 aliphatic heterocycles. The highest BCUT2D eigenvalue weighted by Crippen LogP contribution is 2.29. The first-order valence-electron chi connectivity index (χ1n) is 8.13. The van der Waals surface area contributed by atoms with Crippen LogP contribution in [0.2, 0.25) is 0 Å². The van der Waals surface area contributed by atoms with E-state index in [1.807, 2.05) is 0 Å². The van der Waals surface area contributed by atoms with Crippen LogP contribution in [0.1, 0.15) is 25.7 Å². The van der Waals surface area contributed by atoms with Crippen molar-refractivity contribution in [1.29, 1.82) is 0 Å². The van der Waals surface area contributed by atoms with Crippen molar-refractivity contribution in [1.82, 2.24) is 19.9 Å². The van der Waals surface area contributed by atoms with Crippen LogP contribution in [0.3, 0.4) is 0 Å². The van der Waals surface area contributed by atoms with Crippen molar-refractivity contribution in [2.24, 2.45) is 11.8 Å². The number of hydrogen-bond acceptors (Lipinski definition) is 6. The summed E-state index contributed by atoms with van der Waals surface area (Å²) in [7, 11) is 1.36. The van der Waals surface area contributed by atoms with Gasteiger partial charge in [-0.3, -0.25) is 14.4 Å². The number of methoxy groups -OCH3 is 1. The minimum atomic E-state index is -0.279. The molecule has 9 heteroatoms. The van der Waals surface area contributed by atoms with Crippen molar-refractivity contribution >= 4 is 23.6 Å². The van der Waals surface area contributed by atoms with Crippen LogP contribution in [0.4, 0.5) is 5.82 Å². The van der Waals surface area contributed by atoms with Gasteiger partial charge in [-0.2, -0.15) is 0 Å². The number of nitrogens with zero attached hydrogens (tertiary/aromatic N) is 4. The zero-order valence-corrected chi connectivity index (χ0v) is 13.6. The Morgan fingerprint density at radius 3 is 2.79 bits per heavy atom. The van der Waals surface area contributed by atoms with Gasteiger partial charge >= 0.3 is 5.97 Å². The van der Waals surface area contributed by atoms with Gasteiger partial charge in [0.2, 0.25) is 11.8 Å². The Bertz CT molecular complexity index is 640. The second kappa shape index (κ2) is 6.98. The predicted octanol–water partition coefficient (Wildman–Crippen LogP) is 0.0382. The molecule has 1 N–H and O–H groups in total. The van der Waals surface area contributed by atoms with E-state index in [0.29, 0.717) is 18.9 Å². The first kappa shape index (κ1) is 16.4. The van der Waals surface area contributed by atoms with Gasteiger partial charge in [0.25, 0.3) is 0 Å². The van der Waals surface area contributed by atoms with Crippen molar-refractivity contribution < 1.29 is 19.1 Å². The number of anilines is 1. The normalized spacial score (nSPS) is 20.5. The van der Waals surface area contributed by atoms with Gasteiger partial charge in [0, 0.05) is 19.0 Å². The second-order valence-electron chi connectivity index (χ2n) is 6.27. The molecule has 0 spiro atoms. The summed E-state index contributed by atoms with van der Waals surface area (Å²) in [5.41, 5.74) is 0. The highest BCUT2D eigenvalue weighted by molar-refractivity contribution is 5.93. The van der Waals surface area contributed by atoms with Gasteiger partial charge in [0.1, 0.15) is 6.54 Å². The minimum absolute atomic E-state index is 0.0280. The molecule has 0 aromatic carbocycles. The van der Waals surface area contributed by atoms with E-state index < -0.39 is 0 Å². The lowest BCUT2D eigenvalue weighted by Crippen LogP contribution is -2.44. The molecule has 0 bridgehead atoms. The van der Waals surface area contributed by atoms with E-state index in [1.54, 1.807) is 11.1 Å². The van der Waals surface area contributed by atoms with Crippen molar-refractivity contribution in [2.45, 2.75) is 32.2 Å². The maximum Gasteiger partial charge on any atom is 0.310 e. The summed E-state index contributed by atoms with van der Waals surface area (Å²) >= 11 is 0. The number of carbonyl (C=O) groups excluding carboxylic acids is 3. The molecule has 1 aromatic rings. The van der Waals surface area contributed by atoms with Gasteiger partial charge in [-0.1, -0.05) is 5.21 Å². The maximum absolute atomic E-state index is 12.4. The number of ether oxygens (including phenoxy) is 1. The highest BCUT2D eigenvalue weighted by atomic mass is 16.5. The molecule has 1 saturated heterocycles. The predicted molar refractivity (Wildman–Crippen MR) is 82.7 cm³/mol. The van der Waals surface area contributed by atoms with E-state index in [4.69, 9.17) is 4.74 Å². The Kier molecular flexibility index (Phi) is 4.77. The van der Waals surface area contributed by atoms with Crippen molar-refractivity contribution in [3.8, 4) is 0 Å². The van der Waals surface area contributed by atoms with E-state index in [1.165, 1.54) is 11.8 Å². The number of aromatic nitrogens is 3. The van der Waals surface area contributed by atoms with Gasteiger partial charge in [0.05, 0.1) is 19.2 Å². The van der Waals surface area contributed by atoms with Crippen LogP contribution >= 0.6 is 0 Å². The maximum atomic E-state index is 12.4. The topological polar surface area (TPSA) is 106 Å². The lowest BCUT2D eigenvalue weighted by Gasteiger charge is -2.31. The largest absolute Gasteiger partial charge is 0.469 e. The van der Waals surface area contributed by atoms with Crippen LogP contribution in [0, 0.1) is 11.8 Å². The zero-order chi connectivity index (χ0) is 17.1. The zero-order valence-electron chi connectivity index (χ0n) is 13.6. The number of hydrogen-bond donors (Lipinski definition) is 1. The summed E-state index contributed by atoms with van der Waals surface area (Å²) in [4.78, 5) is 37.3. The van der Waals surface area contributed by atoms with Gasteiger partial charge in [0.15, 0.2) is 5.82 Å². The van der Waals surface area contributed by atoms with Gasteiger partial charge in [-0.05, 0) is 25.7 Å². The smallest absolute Gasteiger partial charge is 0.310 e. The summed E-state index contributed by atoms with van der Waals surface area (Å²) in [5.74, 6) is -0.291. The molecule has 2 amide bonds. The Morgan fingerprint density at radius 1 is 1.29 bits per heavy atom. The van der Waals surface area contributed by atoms with Crippen molar-refractivity contribution in [3.05, 3.63) is 6.20 Å². The van der Waals surface area contributed by atoms with Crippen LogP contribution in [0.25, 0.3) is 0 Å². The molecule has 1 aliphatic carbocycles. The number of amides is 2. The average Bonchev–Trinajstić information content (AvgIpc) is 3.36. The van der Waals surface area contributed by atoms with E-state index in [9.17, 15) is 14.4 Å². The summed E-state index contributed by atoms with van der Waals surface area (Å²) < 4.78 is 6.15. The second-order valence-corrected chi connectivity index (χ2v) is 6.27. The lowest BCUT2D eigenvalue weighted by atomic mass is 9.98. The van der Waals surface area contributed by atoms with E-state index in [0.717, 1.165) is 25.7 Å². The fourth-order valence-corrected chi connectivity index (χ4v) is 2.81. The molecule has 2 aliphatic rings. The highest BCUT2D eigenvalue weighted by Gasteiger charge is 2.31. The summed E-state index contributed by atoms with van der Waals surface area (Å²) in [6.45, 7) is 1.01. The molecular weight excluding hydrogens is 314 g/mol. The number of esters is 1. The van der Waals surface area contributed by atoms with E-state index in [-0.39, 0.29) is 36.2 Å². The summed E-state index contributed by atoms with van der Waals surface area (Å²) in [5, 5.41) is 10.4.